The van der Waals surface area contributed by atoms with Crippen LogP contribution in [0.4, 0.5) is 0 Å². The van der Waals surface area contributed by atoms with Gasteiger partial charge in [-0.3, -0.25) is 4.79 Å². The first-order valence-corrected chi connectivity index (χ1v) is 13.2. The van der Waals surface area contributed by atoms with E-state index < -0.39 is 0 Å². The highest BCUT2D eigenvalue weighted by Crippen LogP contribution is 2.35. The van der Waals surface area contributed by atoms with Gasteiger partial charge in [0.05, 0.1) is 19.4 Å². The molecule has 1 atom stereocenters. The summed E-state index contributed by atoms with van der Waals surface area (Å²) < 4.78 is 10.6. The summed E-state index contributed by atoms with van der Waals surface area (Å²) in [6.07, 6.45) is 7.41. The van der Waals surface area contributed by atoms with Gasteiger partial charge in [-0.05, 0) is 48.1 Å². The zero-order valence-electron chi connectivity index (χ0n) is 19.5. The zero-order valence-corrected chi connectivity index (χ0v) is 21.1. The lowest BCUT2D eigenvalue weighted by Gasteiger charge is -2.32. The predicted molar refractivity (Wildman–Crippen MR) is 139 cm³/mol. The van der Waals surface area contributed by atoms with Crippen LogP contribution in [0.2, 0.25) is 0 Å². The summed E-state index contributed by atoms with van der Waals surface area (Å²) in [5.74, 6) is 1.77. The number of rotatable bonds is 9. The Morgan fingerprint density at radius 2 is 2.21 bits per heavy atom. The van der Waals surface area contributed by atoms with Crippen molar-refractivity contribution in [2.45, 2.75) is 23.9 Å². The fraction of sp³-hybridized carbons (Fsp3) is 0.346. The van der Waals surface area contributed by atoms with E-state index in [1.54, 1.807) is 43.4 Å². The lowest BCUT2D eigenvalue weighted by molar-refractivity contribution is -0.127. The molecule has 2 aromatic heterocycles. The molecule has 3 heterocycles. The predicted octanol–water partition coefficient (Wildman–Crippen LogP) is 5.37. The average Bonchev–Trinajstić information content (AvgIpc) is 3.41. The second-order valence-corrected chi connectivity index (χ2v) is 10.0. The van der Waals surface area contributed by atoms with Crippen LogP contribution in [0.25, 0.3) is 17.2 Å². The molecular weight excluding hydrogens is 466 g/mol. The molecule has 0 aliphatic carbocycles. The Hall–Kier alpha value is -2.68. The van der Waals surface area contributed by atoms with Crippen molar-refractivity contribution in [2.24, 2.45) is 0 Å². The molecule has 0 spiro atoms. The molecule has 0 bridgehead atoms. The number of thiophene rings is 1. The number of amides is 1. The minimum atomic E-state index is 0.0461. The van der Waals surface area contributed by atoms with Crippen molar-refractivity contribution >= 4 is 35.1 Å². The molecule has 0 N–H and O–H groups in total. The third-order valence-electron chi connectivity index (χ3n) is 5.75. The van der Waals surface area contributed by atoms with Crippen LogP contribution in [0, 0.1) is 0 Å². The number of carbonyl (C=O) groups excluding carboxylic acids is 1. The number of nitrogens with zero attached hydrogens (tertiary/aromatic N) is 3. The number of hydrogen-bond donors (Lipinski definition) is 0. The van der Waals surface area contributed by atoms with Gasteiger partial charge in [0.1, 0.15) is 5.75 Å². The number of thioether (sulfide) groups is 1. The van der Waals surface area contributed by atoms with Crippen LogP contribution in [0.1, 0.15) is 29.3 Å². The maximum absolute atomic E-state index is 12.9. The van der Waals surface area contributed by atoms with Gasteiger partial charge in [0.25, 0.3) is 0 Å². The Bertz CT molecular complexity index is 1120. The lowest BCUT2D eigenvalue weighted by atomic mass is 9.90. The molecule has 1 aliphatic heterocycles. The number of hydrogen-bond acceptors (Lipinski definition) is 7. The van der Waals surface area contributed by atoms with Crippen molar-refractivity contribution in [3.05, 3.63) is 64.6 Å². The van der Waals surface area contributed by atoms with Crippen molar-refractivity contribution < 1.29 is 14.3 Å². The summed E-state index contributed by atoms with van der Waals surface area (Å²) in [4.78, 5) is 25.5. The maximum Gasteiger partial charge on any atom is 0.246 e. The largest absolute Gasteiger partial charge is 0.497 e. The number of likely N-dealkylation sites (tertiary alicyclic amines) is 1. The van der Waals surface area contributed by atoms with E-state index in [1.807, 2.05) is 52.9 Å². The fourth-order valence-electron chi connectivity index (χ4n) is 4.03. The third kappa shape index (κ3) is 6.25. The standard InChI is InChI=1S/C26H29N3O3S2/c1-31-13-15-34-26-27-17-23(19-6-3-8-21(16-19)32-2)25(28-26)20-7-4-12-29(18-20)24(30)11-10-22-9-5-14-33-22/h3,5-6,8-11,14,16-17,20H,4,7,12-13,15,18H2,1-2H3/b11-10+/t20-/m0/s1. The molecule has 178 valence electrons. The minimum absolute atomic E-state index is 0.0461. The molecule has 1 saturated heterocycles. The number of ether oxygens (including phenoxy) is 2. The number of piperidine rings is 1. The van der Waals surface area contributed by atoms with E-state index in [-0.39, 0.29) is 11.8 Å². The number of aromatic nitrogens is 2. The van der Waals surface area contributed by atoms with Crippen molar-refractivity contribution in [3.63, 3.8) is 0 Å². The second-order valence-electron chi connectivity index (χ2n) is 8.00. The van der Waals surface area contributed by atoms with Gasteiger partial charge in [0.15, 0.2) is 5.16 Å². The average molecular weight is 496 g/mol. The Kier molecular flexibility index (Phi) is 8.73. The number of carbonyl (C=O) groups is 1. The highest BCUT2D eigenvalue weighted by atomic mass is 32.2. The second kappa shape index (κ2) is 12.1. The Labute approximate surface area is 209 Å². The van der Waals surface area contributed by atoms with E-state index in [4.69, 9.17) is 14.5 Å². The van der Waals surface area contributed by atoms with Gasteiger partial charge >= 0.3 is 0 Å². The van der Waals surface area contributed by atoms with E-state index in [0.717, 1.165) is 57.7 Å². The van der Waals surface area contributed by atoms with E-state index in [9.17, 15) is 4.79 Å². The topological polar surface area (TPSA) is 64.6 Å². The van der Waals surface area contributed by atoms with Gasteiger partial charge in [-0.2, -0.15) is 0 Å². The highest BCUT2D eigenvalue weighted by Gasteiger charge is 2.27. The minimum Gasteiger partial charge on any atom is -0.497 e. The Morgan fingerprint density at radius 1 is 1.29 bits per heavy atom. The van der Waals surface area contributed by atoms with Crippen LogP contribution in [-0.4, -0.2) is 60.4 Å². The monoisotopic (exact) mass is 495 g/mol. The fourth-order valence-corrected chi connectivity index (χ4v) is 5.37. The van der Waals surface area contributed by atoms with Crippen LogP contribution in [-0.2, 0) is 9.53 Å². The van der Waals surface area contributed by atoms with Crippen LogP contribution in [0.3, 0.4) is 0 Å². The molecule has 34 heavy (non-hydrogen) atoms. The Balaban J connectivity index is 1.60. The molecule has 0 radical (unpaired) electrons. The quantitative estimate of drug-likeness (QED) is 0.172. The summed E-state index contributed by atoms with van der Waals surface area (Å²) in [5, 5.41) is 2.75. The highest BCUT2D eigenvalue weighted by molar-refractivity contribution is 7.99. The molecule has 8 heteroatoms. The third-order valence-corrected chi connectivity index (χ3v) is 7.41. The first kappa shape index (κ1) is 24.4. The SMILES string of the molecule is COCCSc1ncc(-c2cccc(OC)c2)c([C@H]2CCCN(C(=O)/C=C/c3cccs3)C2)n1. The summed E-state index contributed by atoms with van der Waals surface area (Å²) in [5.41, 5.74) is 3.00. The lowest BCUT2D eigenvalue weighted by Crippen LogP contribution is -2.38. The van der Waals surface area contributed by atoms with E-state index in [0.29, 0.717) is 13.2 Å². The summed E-state index contributed by atoms with van der Waals surface area (Å²) in [6.45, 7) is 2.05. The van der Waals surface area contributed by atoms with Crippen LogP contribution in [0.5, 0.6) is 5.75 Å². The van der Waals surface area contributed by atoms with Gasteiger partial charge in [-0.25, -0.2) is 9.97 Å². The van der Waals surface area contributed by atoms with Gasteiger partial charge < -0.3 is 14.4 Å². The van der Waals surface area contributed by atoms with Crippen molar-refractivity contribution in [2.75, 3.05) is 39.7 Å². The molecule has 4 rings (SSSR count). The van der Waals surface area contributed by atoms with Gasteiger partial charge in [0, 0.05) is 54.6 Å². The van der Waals surface area contributed by atoms with Crippen LogP contribution < -0.4 is 4.74 Å². The first-order chi connectivity index (χ1) is 16.7. The summed E-state index contributed by atoms with van der Waals surface area (Å²) in [6, 6.07) is 12.0. The van der Waals surface area contributed by atoms with Crippen LogP contribution >= 0.6 is 23.1 Å². The van der Waals surface area contributed by atoms with Gasteiger partial charge in [-0.1, -0.05) is 30.0 Å². The van der Waals surface area contributed by atoms with Crippen LogP contribution in [0.15, 0.2) is 59.2 Å². The zero-order chi connectivity index (χ0) is 23.8. The first-order valence-electron chi connectivity index (χ1n) is 11.3. The summed E-state index contributed by atoms with van der Waals surface area (Å²) in [7, 11) is 3.36. The molecule has 6 nitrogen and oxygen atoms in total. The molecule has 1 fully saturated rings. The smallest absolute Gasteiger partial charge is 0.246 e. The number of benzene rings is 1. The van der Waals surface area contributed by atoms with E-state index in [1.165, 1.54) is 0 Å². The van der Waals surface area contributed by atoms with Crippen molar-refractivity contribution in [1.29, 1.82) is 0 Å². The molecule has 1 amide bonds. The molecule has 0 saturated carbocycles. The molecule has 1 aliphatic rings. The number of methoxy groups -OCH3 is 2. The van der Waals surface area contributed by atoms with Gasteiger partial charge in [0.2, 0.25) is 5.91 Å². The molecular formula is C26H29N3O3S2. The molecule has 1 aromatic carbocycles. The van der Waals surface area contributed by atoms with Gasteiger partial charge in [-0.15, -0.1) is 11.3 Å². The van der Waals surface area contributed by atoms with E-state index >= 15 is 0 Å². The maximum atomic E-state index is 12.9. The normalized spacial score (nSPS) is 16.2. The molecule has 0 unspecified atom stereocenters. The van der Waals surface area contributed by atoms with Crippen molar-refractivity contribution in [1.82, 2.24) is 14.9 Å². The molecule has 3 aromatic rings. The summed E-state index contributed by atoms with van der Waals surface area (Å²) >= 11 is 3.21. The van der Waals surface area contributed by atoms with E-state index in [2.05, 4.69) is 11.1 Å². The Morgan fingerprint density at radius 3 is 3.00 bits per heavy atom. The van der Waals surface area contributed by atoms with Crippen molar-refractivity contribution in [3.8, 4) is 16.9 Å².